The first-order valence-corrected chi connectivity index (χ1v) is 14.7. The van der Waals surface area contributed by atoms with Crippen LogP contribution in [-0.2, 0) is 43.0 Å². The molecule has 3 N–H and O–H groups in total. The molecular formula is C23H24N6O5S3. The summed E-state index contributed by atoms with van der Waals surface area (Å²) in [6.07, 6.45) is 8.25. The van der Waals surface area contributed by atoms with Crippen molar-refractivity contribution < 1.29 is 22.1 Å². The molecule has 194 valence electrons. The molecule has 1 atom stereocenters. The van der Waals surface area contributed by atoms with E-state index in [4.69, 9.17) is 27.1 Å². The van der Waals surface area contributed by atoms with E-state index in [1.54, 1.807) is 40.5 Å². The average Bonchev–Trinajstić information content (AvgIpc) is 3.48. The molecule has 1 unspecified atom stereocenters. The molecule has 0 radical (unpaired) electrons. The van der Waals surface area contributed by atoms with Crippen LogP contribution in [0.1, 0.15) is 16.7 Å². The van der Waals surface area contributed by atoms with Gasteiger partial charge in [-0.25, -0.2) is 8.93 Å². The number of methoxy groups -OCH3 is 2. The maximum atomic E-state index is 13.6. The van der Waals surface area contributed by atoms with Crippen molar-refractivity contribution in [3.63, 3.8) is 0 Å². The second-order valence-corrected chi connectivity index (χ2v) is 12.6. The quantitative estimate of drug-likeness (QED) is 0.251. The maximum Gasteiger partial charge on any atom is 0.280 e. The van der Waals surface area contributed by atoms with Crippen molar-refractivity contribution in [2.75, 3.05) is 18.9 Å². The van der Waals surface area contributed by atoms with Gasteiger partial charge in [-0.15, -0.1) is 6.42 Å². The van der Waals surface area contributed by atoms with Crippen molar-refractivity contribution in [1.82, 2.24) is 24.7 Å². The number of aromatic nitrogens is 4. The second-order valence-electron chi connectivity index (χ2n) is 7.99. The Kier molecular flexibility index (Phi) is 7.42. The number of benzene rings is 2. The molecule has 4 aromatic rings. The van der Waals surface area contributed by atoms with Gasteiger partial charge in [-0.2, -0.15) is 18.6 Å². The lowest BCUT2D eigenvalue weighted by Crippen LogP contribution is -2.20. The number of hydrogen-bond donors (Lipinski definition) is 3. The van der Waals surface area contributed by atoms with Crippen LogP contribution in [0, 0.1) is 18.6 Å². The van der Waals surface area contributed by atoms with Gasteiger partial charge in [0.25, 0.3) is 10.0 Å². The van der Waals surface area contributed by atoms with Crippen LogP contribution in [0.4, 0.5) is 5.82 Å². The fourth-order valence-electron chi connectivity index (χ4n) is 3.85. The Morgan fingerprint density at radius 3 is 2.51 bits per heavy atom. The van der Waals surface area contributed by atoms with Crippen molar-refractivity contribution in [1.29, 1.82) is 0 Å². The first kappa shape index (κ1) is 26.4. The van der Waals surface area contributed by atoms with Gasteiger partial charge < -0.3 is 9.47 Å². The van der Waals surface area contributed by atoms with Crippen LogP contribution in [0.25, 0.3) is 10.9 Å². The van der Waals surface area contributed by atoms with Gasteiger partial charge in [0.1, 0.15) is 25.1 Å². The Morgan fingerprint density at radius 2 is 1.86 bits per heavy atom. The number of rotatable bonds is 10. The number of sulfonamides is 1. The number of nitrogens with zero attached hydrogens (tertiary/aromatic N) is 3. The third kappa shape index (κ3) is 5.70. The van der Waals surface area contributed by atoms with Crippen molar-refractivity contribution in [3.05, 3.63) is 59.4 Å². The normalized spacial score (nSPS) is 13.1. The molecule has 0 spiro atoms. The summed E-state index contributed by atoms with van der Waals surface area (Å²) in [5.41, 5.74) is 3.17. The third-order valence-corrected chi connectivity index (χ3v) is 8.44. The zero-order valence-electron chi connectivity index (χ0n) is 20.1. The highest BCUT2D eigenvalue weighted by atomic mass is 32.8. The molecule has 0 bridgehead atoms. The number of aromatic amines is 1. The number of aryl methyl sites for hydroxylation is 1. The minimum absolute atomic E-state index is 0.0392. The molecule has 0 saturated heterocycles. The van der Waals surface area contributed by atoms with E-state index in [0.29, 0.717) is 34.9 Å². The van der Waals surface area contributed by atoms with Crippen LogP contribution in [0.2, 0.25) is 0 Å². The fourth-order valence-corrected chi connectivity index (χ4v) is 6.36. The Balaban J connectivity index is 1.58. The van der Waals surface area contributed by atoms with Gasteiger partial charge in [0.05, 0.1) is 32.5 Å². The molecule has 0 saturated carbocycles. The molecule has 11 nitrogen and oxygen atoms in total. The van der Waals surface area contributed by atoms with Gasteiger partial charge >= 0.3 is 0 Å². The van der Waals surface area contributed by atoms with E-state index in [9.17, 15) is 12.6 Å². The van der Waals surface area contributed by atoms with Gasteiger partial charge in [-0.3, -0.25) is 14.5 Å². The van der Waals surface area contributed by atoms with E-state index < -0.39 is 18.7 Å². The highest BCUT2D eigenvalue weighted by Crippen LogP contribution is 2.36. The summed E-state index contributed by atoms with van der Waals surface area (Å²) < 4.78 is 54.1. The van der Waals surface area contributed by atoms with Crippen LogP contribution >= 0.6 is 0 Å². The van der Waals surface area contributed by atoms with Crippen molar-refractivity contribution in [2.24, 2.45) is 0 Å². The molecule has 14 heteroatoms. The molecule has 2 heterocycles. The molecule has 2 aromatic carbocycles. The fraction of sp³-hybridized carbons (Fsp3) is 0.217. The number of H-pyrrole nitrogens is 1. The molecular weight excluding hydrogens is 536 g/mol. The topological polar surface area (TPSA) is 140 Å². The molecule has 0 amide bonds. The smallest absolute Gasteiger partial charge is 0.280 e. The number of terminal acetylenes is 1. The maximum absolute atomic E-state index is 13.6. The summed E-state index contributed by atoms with van der Waals surface area (Å²) >= 11 is 5.48. The lowest BCUT2D eigenvalue weighted by molar-refractivity contribution is 0.375. The van der Waals surface area contributed by atoms with E-state index >= 15 is 0 Å². The van der Waals surface area contributed by atoms with Gasteiger partial charge in [0, 0.05) is 40.1 Å². The van der Waals surface area contributed by atoms with E-state index in [0.717, 1.165) is 16.5 Å². The van der Waals surface area contributed by atoms with Crippen molar-refractivity contribution >= 4 is 46.6 Å². The Morgan fingerprint density at radius 1 is 1.16 bits per heavy atom. The predicted molar refractivity (Wildman–Crippen MR) is 144 cm³/mol. The van der Waals surface area contributed by atoms with E-state index in [1.165, 1.54) is 14.2 Å². The molecule has 37 heavy (non-hydrogen) atoms. The standard InChI is InChI=1S/C23H24N6O5S3/c1-5-36(30,31)25-12-17-11-24-29(14-17)13-16-9-15(2)21-18(10-16)26-27-23(21)28-37(32,35)22-19(33-3)7-6-8-20(22)34-4/h1,6-11,14,25H,12-13H2,2-4H3,(H2,26,27,28). The zero-order chi connectivity index (χ0) is 26.8. The number of nitrogens with one attached hydrogen (secondary N) is 3. The molecule has 0 aliphatic heterocycles. The van der Waals surface area contributed by atoms with E-state index in [1.807, 2.05) is 19.1 Å². The highest BCUT2D eigenvalue weighted by Gasteiger charge is 2.24. The minimum atomic E-state index is -3.75. The summed E-state index contributed by atoms with van der Waals surface area (Å²) in [5, 5.41) is 14.0. The Hall–Kier alpha value is -3.64. The zero-order valence-corrected chi connectivity index (χ0v) is 22.6. The first-order valence-electron chi connectivity index (χ1n) is 10.8. The Bertz CT molecular complexity index is 1700. The minimum Gasteiger partial charge on any atom is -0.495 e. The second kappa shape index (κ2) is 10.4. The van der Waals surface area contributed by atoms with Crippen molar-refractivity contribution in [3.8, 4) is 23.2 Å². The largest absolute Gasteiger partial charge is 0.495 e. The molecule has 2 aromatic heterocycles. The molecule has 0 fully saturated rings. The third-order valence-electron chi connectivity index (χ3n) is 5.46. The van der Waals surface area contributed by atoms with Crippen LogP contribution < -0.4 is 18.9 Å². The SMILES string of the molecule is C#CS(=O)(=O)NCc1cnn(Cc2cc(C)c3c(NS(=O)(=S)c4c(OC)cccc4OC)n[nH]c3c2)c1. The summed E-state index contributed by atoms with van der Waals surface area (Å²) in [7, 11) is -4.09. The summed E-state index contributed by atoms with van der Waals surface area (Å²) in [4.78, 5) is 0.236. The molecule has 4 rings (SSSR count). The lowest BCUT2D eigenvalue weighted by Gasteiger charge is -2.16. The van der Waals surface area contributed by atoms with Gasteiger partial charge in [0.2, 0.25) is 0 Å². The summed E-state index contributed by atoms with van der Waals surface area (Å²) in [6, 6.07) is 8.91. The first-order chi connectivity index (χ1) is 17.6. The summed E-state index contributed by atoms with van der Waals surface area (Å²) in [6.45, 7) is 2.37. The van der Waals surface area contributed by atoms with Crippen LogP contribution in [0.15, 0.2) is 47.6 Å². The van der Waals surface area contributed by atoms with Crippen molar-refractivity contribution in [2.45, 2.75) is 24.9 Å². The van der Waals surface area contributed by atoms with E-state index in [2.05, 4.69) is 24.7 Å². The molecule has 0 aliphatic rings. The highest BCUT2D eigenvalue weighted by molar-refractivity contribution is 8.33. The van der Waals surface area contributed by atoms with Gasteiger partial charge in [0.15, 0.2) is 5.82 Å². The van der Waals surface area contributed by atoms with Gasteiger partial charge in [-0.1, -0.05) is 12.1 Å². The molecule has 0 aliphatic carbocycles. The monoisotopic (exact) mass is 560 g/mol. The average molecular weight is 561 g/mol. The Labute approximate surface area is 219 Å². The number of ether oxygens (including phenoxy) is 2. The number of fused-ring (bicyclic) bond motifs is 1. The number of hydrogen-bond acceptors (Lipinski definition) is 8. The van der Waals surface area contributed by atoms with Crippen LogP contribution in [0.3, 0.4) is 0 Å². The van der Waals surface area contributed by atoms with Crippen LogP contribution in [-0.4, -0.2) is 46.8 Å². The predicted octanol–water partition coefficient (Wildman–Crippen LogP) is 2.28. The lowest BCUT2D eigenvalue weighted by atomic mass is 10.1. The van der Waals surface area contributed by atoms with Gasteiger partial charge in [-0.05, 0) is 36.2 Å². The summed E-state index contributed by atoms with van der Waals surface area (Å²) in [5.74, 6) is 1.03. The number of anilines is 1. The van der Waals surface area contributed by atoms with Crippen LogP contribution in [0.5, 0.6) is 11.5 Å². The van der Waals surface area contributed by atoms with E-state index in [-0.39, 0.29) is 11.4 Å².